The Labute approximate surface area is 161 Å². The van der Waals surface area contributed by atoms with E-state index in [1.54, 1.807) is 0 Å². The van der Waals surface area contributed by atoms with E-state index in [0.717, 1.165) is 20.7 Å². The van der Waals surface area contributed by atoms with Crippen LogP contribution in [0, 0.1) is 19.8 Å². The van der Waals surface area contributed by atoms with Crippen LogP contribution < -0.4 is 0 Å². The summed E-state index contributed by atoms with van der Waals surface area (Å²) in [5.74, 6) is 0.474. The van der Waals surface area contributed by atoms with Gasteiger partial charge in [-0.25, -0.2) is 0 Å². The number of hydrogen-bond donors (Lipinski definition) is 0. The standard InChI is InChI=1S/C24H32NP/c1-8-22(19(6)26-7)21-14-18(5)24(25-15-21)23(13-16(2)3)20-11-9-17(4)10-12-20/h9-16,26H,8H2,1-7H3/b22-19+,23-13-. The molecule has 0 aliphatic carbocycles. The summed E-state index contributed by atoms with van der Waals surface area (Å²) in [7, 11) is 0.847. The maximum Gasteiger partial charge on any atom is 0.0734 e. The summed E-state index contributed by atoms with van der Waals surface area (Å²) >= 11 is 0. The number of pyridine rings is 1. The maximum atomic E-state index is 4.92. The highest BCUT2D eigenvalue weighted by atomic mass is 31.1. The smallest absolute Gasteiger partial charge is 0.0734 e. The van der Waals surface area contributed by atoms with Crippen molar-refractivity contribution in [3.8, 4) is 0 Å². The van der Waals surface area contributed by atoms with E-state index in [4.69, 9.17) is 4.98 Å². The predicted molar refractivity (Wildman–Crippen MR) is 119 cm³/mol. The Bertz CT molecular complexity index is 811. The van der Waals surface area contributed by atoms with Crippen LogP contribution in [0.15, 0.2) is 47.9 Å². The molecule has 0 radical (unpaired) electrons. The predicted octanol–water partition coefficient (Wildman–Crippen LogP) is 7.24. The van der Waals surface area contributed by atoms with Crippen molar-refractivity contribution in [2.45, 2.75) is 48.0 Å². The van der Waals surface area contributed by atoms with E-state index in [1.807, 2.05) is 0 Å². The van der Waals surface area contributed by atoms with Crippen LogP contribution in [0.1, 0.15) is 62.1 Å². The van der Waals surface area contributed by atoms with Crippen molar-refractivity contribution in [2.24, 2.45) is 5.92 Å². The van der Waals surface area contributed by atoms with Gasteiger partial charge in [0.05, 0.1) is 5.69 Å². The van der Waals surface area contributed by atoms with Gasteiger partial charge >= 0.3 is 0 Å². The maximum absolute atomic E-state index is 4.92. The fourth-order valence-corrected chi connectivity index (χ4v) is 3.86. The first-order chi connectivity index (χ1) is 12.4. The number of nitrogens with zero attached hydrogens (tertiary/aromatic N) is 1. The Hall–Kier alpha value is -1.72. The van der Waals surface area contributed by atoms with E-state index < -0.39 is 0 Å². The molecule has 138 valence electrons. The Balaban J connectivity index is 2.55. The molecule has 1 aromatic carbocycles. The molecule has 0 spiro atoms. The number of aryl methyl sites for hydroxylation is 2. The number of hydrogen-bond acceptors (Lipinski definition) is 1. The van der Waals surface area contributed by atoms with Gasteiger partial charge in [0.15, 0.2) is 0 Å². The van der Waals surface area contributed by atoms with E-state index >= 15 is 0 Å². The minimum atomic E-state index is 0.474. The van der Waals surface area contributed by atoms with E-state index in [-0.39, 0.29) is 0 Å². The highest BCUT2D eigenvalue weighted by molar-refractivity contribution is 7.42. The number of aromatic nitrogens is 1. The van der Waals surface area contributed by atoms with Crippen molar-refractivity contribution < 1.29 is 0 Å². The lowest BCUT2D eigenvalue weighted by Crippen LogP contribution is -2.00. The lowest BCUT2D eigenvalue weighted by molar-refractivity contribution is 0.833. The molecule has 0 saturated heterocycles. The third kappa shape index (κ3) is 4.92. The summed E-state index contributed by atoms with van der Waals surface area (Å²) in [5, 5.41) is 1.48. The molecule has 1 atom stereocenters. The first-order valence-electron chi connectivity index (χ1n) is 9.51. The number of rotatable bonds is 6. The van der Waals surface area contributed by atoms with Crippen LogP contribution in [-0.2, 0) is 0 Å². The summed E-state index contributed by atoms with van der Waals surface area (Å²) in [6, 6.07) is 11.1. The van der Waals surface area contributed by atoms with Gasteiger partial charge in [-0.1, -0.05) is 65.3 Å². The zero-order valence-corrected chi connectivity index (χ0v) is 18.3. The summed E-state index contributed by atoms with van der Waals surface area (Å²) in [6.07, 6.45) is 5.45. The van der Waals surface area contributed by atoms with Crippen LogP contribution in [0.2, 0.25) is 0 Å². The van der Waals surface area contributed by atoms with E-state index in [0.29, 0.717) is 5.92 Å². The highest BCUT2D eigenvalue weighted by Gasteiger charge is 2.13. The molecule has 0 bridgehead atoms. The van der Waals surface area contributed by atoms with Crippen molar-refractivity contribution in [3.63, 3.8) is 0 Å². The average molecular weight is 366 g/mol. The zero-order chi connectivity index (χ0) is 19.3. The number of benzene rings is 1. The molecule has 1 unspecified atom stereocenters. The zero-order valence-electron chi connectivity index (χ0n) is 17.3. The summed E-state index contributed by atoms with van der Waals surface area (Å²) in [5.41, 5.74) is 8.81. The Morgan fingerprint density at radius 2 is 1.77 bits per heavy atom. The highest BCUT2D eigenvalue weighted by Crippen LogP contribution is 2.33. The molecule has 0 saturated carbocycles. The van der Waals surface area contributed by atoms with Crippen LogP contribution in [0.4, 0.5) is 0 Å². The van der Waals surface area contributed by atoms with Gasteiger partial charge in [0.25, 0.3) is 0 Å². The largest absolute Gasteiger partial charge is 0.255 e. The van der Waals surface area contributed by atoms with E-state index in [2.05, 4.69) is 90.8 Å². The topological polar surface area (TPSA) is 12.9 Å². The molecule has 1 heterocycles. The minimum absolute atomic E-state index is 0.474. The molecule has 1 aromatic heterocycles. The minimum Gasteiger partial charge on any atom is -0.255 e. The van der Waals surface area contributed by atoms with Gasteiger partial charge in [0.1, 0.15) is 0 Å². The van der Waals surface area contributed by atoms with E-state index in [1.165, 1.54) is 38.7 Å². The second kappa shape index (κ2) is 9.28. The summed E-state index contributed by atoms with van der Waals surface area (Å²) in [6.45, 7) is 15.5. The van der Waals surface area contributed by atoms with Crippen molar-refractivity contribution in [3.05, 3.63) is 75.9 Å². The fraction of sp³-hybridized carbons (Fsp3) is 0.375. The lowest BCUT2D eigenvalue weighted by Gasteiger charge is -2.15. The monoisotopic (exact) mass is 365 g/mol. The first-order valence-corrected chi connectivity index (χ1v) is 11.0. The van der Waals surface area contributed by atoms with Gasteiger partial charge in [-0.05, 0) is 73.4 Å². The van der Waals surface area contributed by atoms with Crippen molar-refractivity contribution >= 4 is 19.7 Å². The first kappa shape index (κ1) is 20.6. The Morgan fingerprint density at radius 1 is 1.12 bits per heavy atom. The fourth-order valence-electron chi connectivity index (χ4n) is 3.24. The van der Waals surface area contributed by atoms with Crippen molar-refractivity contribution in [1.82, 2.24) is 4.98 Å². The van der Waals surface area contributed by atoms with Gasteiger partial charge in [-0.15, -0.1) is 0 Å². The normalized spacial score (nSPS) is 13.6. The molecule has 2 heteroatoms. The van der Waals surface area contributed by atoms with Crippen LogP contribution in [-0.4, -0.2) is 11.6 Å². The molecule has 0 fully saturated rings. The third-order valence-electron chi connectivity index (χ3n) is 4.73. The van der Waals surface area contributed by atoms with E-state index in [9.17, 15) is 0 Å². The number of allylic oxidation sites excluding steroid dienone is 3. The Morgan fingerprint density at radius 3 is 2.27 bits per heavy atom. The quantitative estimate of drug-likeness (QED) is 0.492. The molecular formula is C24H32NP. The van der Waals surface area contributed by atoms with Gasteiger partial charge in [0, 0.05) is 11.8 Å². The molecular weight excluding hydrogens is 333 g/mol. The summed E-state index contributed by atoms with van der Waals surface area (Å²) in [4.78, 5) is 4.92. The van der Waals surface area contributed by atoms with Crippen LogP contribution in [0.5, 0.6) is 0 Å². The lowest BCUT2D eigenvalue weighted by atomic mass is 9.93. The molecule has 2 rings (SSSR count). The van der Waals surface area contributed by atoms with Crippen LogP contribution >= 0.6 is 8.58 Å². The third-order valence-corrected chi connectivity index (χ3v) is 5.78. The van der Waals surface area contributed by atoms with Gasteiger partial charge < -0.3 is 0 Å². The second-order valence-corrected chi connectivity index (χ2v) is 8.54. The van der Waals surface area contributed by atoms with Crippen LogP contribution in [0.25, 0.3) is 11.1 Å². The Kier molecular flexibility index (Phi) is 7.35. The molecule has 1 nitrogen and oxygen atoms in total. The summed E-state index contributed by atoms with van der Waals surface area (Å²) < 4.78 is 0. The molecule has 0 amide bonds. The molecule has 26 heavy (non-hydrogen) atoms. The van der Waals surface area contributed by atoms with Gasteiger partial charge in [0.2, 0.25) is 0 Å². The SMILES string of the molecule is CC/C(=C(/C)PC)c1cnc(/C(=C\C(C)C)c2ccc(C)cc2)c(C)c1. The van der Waals surface area contributed by atoms with Crippen molar-refractivity contribution in [1.29, 1.82) is 0 Å². The molecule has 0 aliphatic rings. The van der Waals surface area contributed by atoms with Crippen molar-refractivity contribution in [2.75, 3.05) is 6.66 Å². The van der Waals surface area contributed by atoms with Gasteiger partial charge in [-0.3, -0.25) is 4.98 Å². The average Bonchev–Trinajstić information content (AvgIpc) is 2.61. The molecule has 0 aliphatic heterocycles. The molecule has 2 aromatic rings. The van der Waals surface area contributed by atoms with Crippen LogP contribution in [0.3, 0.4) is 0 Å². The second-order valence-electron chi connectivity index (χ2n) is 7.29. The molecule has 0 N–H and O–H groups in total. The van der Waals surface area contributed by atoms with Gasteiger partial charge in [-0.2, -0.15) is 0 Å².